The third-order valence-corrected chi connectivity index (χ3v) is 11.6. The fourth-order valence-electron chi connectivity index (χ4n) is 8.47. The second-order valence-electron chi connectivity index (χ2n) is 15.3. The zero-order chi connectivity index (χ0) is 40.1. The monoisotopic (exact) mass is 762 g/mol. The molecule has 282 valence electrons. The van der Waals surface area contributed by atoms with E-state index in [1.807, 2.05) is 0 Å². The Labute approximate surface area is 353 Å². The molecular weight excluding hydrogens is 721 g/mol. The minimum atomic E-state index is 1.17. The molecule has 60 heavy (non-hydrogen) atoms. The summed E-state index contributed by atoms with van der Waals surface area (Å²) in [7, 11) is 0. The van der Waals surface area contributed by atoms with E-state index in [9.17, 15) is 0 Å². The van der Waals surface area contributed by atoms with Crippen LogP contribution in [0.25, 0.3) is 100 Å². The van der Waals surface area contributed by atoms with Gasteiger partial charge in [-0.05, 0) is 118 Å². The molecule has 0 heteroatoms. The summed E-state index contributed by atoms with van der Waals surface area (Å²) in [6.45, 7) is 0. The third-order valence-electron chi connectivity index (χ3n) is 11.6. The predicted octanol–water partition coefficient (Wildman–Crippen LogP) is 16.7. The minimum Gasteiger partial charge on any atom is -0.0622 e. The maximum absolute atomic E-state index is 2.38. The molecule has 0 unspecified atom stereocenters. The molecule has 0 fully saturated rings. The van der Waals surface area contributed by atoms with E-state index in [1.54, 1.807) is 0 Å². The molecule has 0 aliphatic carbocycles. The Kier molecular flexibility index (Phi) is 10.1. The lowest BCUT2D eigenvalue weighted by molar-refractivity contribution is 1.53. The number of rotatable bonds is 9. The Morgan fingerprint density at radius 3 is 0.517 bits per heavy atom. The number of benzene rings is 10. The molecule has 0 saturated carbocycles. The van der Waals surface area contributed by atoms with Crippen LogP contribution in [0.5, 0.6) is 0 Å². The van der Waals surface area contributed by atoms with Crippen LogP contribution in [0.4, 0.5) is 0 Å². The first-order chi connectivity index (χ1) is 29.7. The smallest absolute Gasteiger partial charge is 0.0105 e. The van der Waals surface area contributed by atoms with E-state index in [-0.39, 0.29) is 0 Å². The van der Waals surface area contributed by atoms with Gasteiger partial charge in [-0.2, -0.15) is 0 Å². The van der Waals surface area contributed by atoms with Gasteiger partial charge in [-0.25, -0.2) is 0 Å². The van der Waals surface area contributed by atoms with Crippen LogP contribution in [-0.4, -0.2) is 0 Å². The molecular formula is C60H42. The van der Waals surface area contributed by atoms with Gasteiger partial charge >= 0.3 is 0 Å². The van der Waals surface area contributed by atoms with Gasteiger partial charge in [-0.1, -0.05) is 237 Å². The summed E-state index contributed by atoms with van der Waals surface area (Å²) in [6, 6.07) is 92.4. The molecule has 0 heterocycles. The lowest BCUT2D eigenvalue weighted by atomic mass is 9.86. The molecule has 0 aliphatic rings. The summed E-state index contributed by atoms with van der Waals surface area (Å²) in [5.41, 5.74) is 21.6. The highest BCUT2D eigenvalue weighted by Crippen LogP contribution is 2.43. The molecule has 0 aromatic heterocycles. The van der Waals surface area contributed by atoms with Crippen LogP contribution in [0.15, 0.2) is 255 Å². The molecule has 0 N–H and O–H groups in total. The van der Waals surface area contributed by atoms with Crippen molar-refractivity contribution in [3.05, 3.63) is 255 Å². The Balaban J connectivity index is 1.12. The van der Waals surface area contributed by atoms with Gasteiger partial charge in [0.05, 0.1) is 0 Å². The highest BCUT2D eigenvalue weighted by molar-refractivity contribution is 5.94. The molecule has 10 aromatic rings. The minimum absolute atomic E-state index is 1.17. The largest absolute Gasteiger partial charge is 0.0622 e. The molecule has 0 saturated heterocycles. The van der Waals surface area contributed by atoms with Crippen molar-refractivity contribution in [3.63, 3.8) is 0 Å². The maximum atomic E-state index is 2.38. The maximum Gasteiger partial charge on any atom is -0.0105 e. The van der Waals surface area contributed by atoms with E-state index in [0.717, 1.165) is 0 Å². The number of hydrogen-bond donors (Lipinski definition) is 0. The SMILES string of the molecule is c1ccc(-c2ccc(-c3ccccc3-c3cc(-c4ccccc4-c4ccc(-c5ccccc5)cc4)cc(-c4ccccc4-c4ccc(-c5ccccc5)cc4)c3)cc2)cc1. The number of hydrogen-bond acceptors (Lipinski definition) is 0. The lowest BCUT2D eigenvalue weighted by Crippen LogP contribution is -1.92. The molecule has 10 rings (SSSR count). The zero-order valence-electron chi connectivity index (χ0n) is 33.2. The summed E-state index contributed by atoms with van der Waals surface area (Å²) < 4.78 is 0. The van der Waals surface area contributed by atoms with Crippen molar-refractivity contribution in [1.29, 1.82) is 0 Å². The Bertz CT molecular complexity index is 2670. The fourth-order valence-corrected chi connectivity index (χ4v) is 8.47. The Morgan fingerprint density at radius 1 is 0.117 bits per heavy atom. The van der Waals surface area contributed by atoms with Crippen LogP contribution in [0.2, 0.25) is 0 Å². The molecule has 0 nitrogen and oxygen atoms in total. The van der Waals surface area contributed by atoms with E-state index in [1.165, 1.54) is 100 Å². The highest BCUT2D eigenvalue weighted by Gasteiger charge is 2.16. The van der Waals surface area contributed by atoms with Crippen LogP contribution < -0.4 is 0 Å². The average Bonchev–Trinajstić information content (AvgIpc) is 3.35. The summed E-state index contributed by atoms with van der Waals surface area (Å²) in [6.07, 6.45) is 0. The predicted molar refractivity (Wildman–Crippen MR) is 255 cm³/mol. The standard InChI is InChI=1S/C60H42/c1-4-16-43(17-5-1)46-28-34-49(35-29-46)55-22-10-13-25-58(55)52-40-53(59-26-14-11-23-56(59)50-36-30-47(31-37-50)44-18-6-2-7-19-44)42-54(41-52)60-27-15-12-24-57(60)51-38-32-48(33-39-51)45-20-8-3-9-21-45/h1-42H. The first kappa shape index (κ1) is 36.5. The van der Waals surface area contributed by atoms with Crippen molar-refractivity contribution >= 4 is 0 Å². The van der Waals surface area contributed by atoms with Crippen LogP contribution in [-0.2, 0) is 0 Å². The van der Waals surface area contributed by atoms with Gasteiger partial charge < -0.3 is 0 Å². The molecule has 0 aliphatic heterocycles. The second kappa shape index (κ2) is 16.6. The van der Waals surface area contributed by atoms with Gasteiger partial charge in [-0.3, -0.25) is 0 Å². The van der Waals surface area contributed by atoms with Gasteiger partial charge in [0.1, 0.15) is 0 Å². The van der Waals surface area contributed by atoms with Crippen LogP contribution in [0.1, 0.15) is 0 Å². The van der Waals surface area contributed by atoms with E-state index >= 15 is 0 Å². The van der Waals surface area contributed by atoms with Crippen molar-refractivity contribution in [3.8, 4) is 100 Å². The normalized spacial score (nSPS) is 11.0. The van der Waals surface area contributed by atoms with Gasteiger partial charge in [0, 0.05) is 0 Å². The summed E-state index contributed by atoms with van der Waals surface area (Å²) in [5, 5.41) is 0. The van der Waals surface area contributed by atoms with Crippen LogP contribution in [0.3, 0.4) is 0 Å². The van der Waals surface area contributed by atoms with E-state index in [2.05, 4.69) is 255 Å². The van der Waals surface area contributed by atoms with Gasteiger partial charge in [0.2, 0.25) is 0 Å². The molecule has 0 radical (unpaired) electrons. The van der Waals surface area contributed by atoms with Crippen molar-refractivity contribution in [2.75, 3.05) is 0 Å². The second-order valence-corrected chi connectivity index (χ2v) is 15.3. The molecule has 0 amide bonds. The van der Waals surface area contributed by atoms with Crippen molar-refractivity contribution in [1.82, 2.24) is 0 Å². The topological polar surface area (TPSA) is 0 Å². The fraction of sp³-hybridized carbons (Fsp3) is 0. The first-order valence-electron chi connectivity index (χ1n) is 20.7. The van der Waals surface area contributed by atoms with E-state index in [4.69, 9.17) is 0 Å². The van der Waals surface area contributed by atoms with Crippen LogP contribution >= 0.6 is 0 Å². The molecule has 0 spiro atoms. The van der Waals surface area contributed by atoms with Crippen molar-refractivity contribution in [2.24, 2.45) is 0 Å². The average molecular weight is 763 g/mol. The van der Waals surface area contributed by atoms with Crippen LogP contribution in [0, 0.1) is 0 Å². The molecule has 10 aromatic carbocycles. The quantitative estimate of drug-likeness (QED) is 0.137. The third kappa shape index (κ3) is 7.51. The van der Waals surface area contributed by atoms with Gasteiger partial charge in [0.25, 0.3) is 0 Å². The summed E-state index contributed by atoms with van der Waals surface area (Å²) >= 11 is 0. The highest BCUT2D eigenvalue weighted by atomic mass is 14.2. The van der Waals surface area contributed by atoms with E-state index in [0.29, 0.717) is 0 Å². The Morgan fingerprint density at radius 2 is 0.283 bits per heavy atom. The Hall–Kier alpha value is -7.80. The zero-order valence-corrected chi connectivity index (χ0v) is 33.2. The summed E-state index contributed by atoms with van der Waals surface area (Å²) in [4.78, 5) is 0. The van der Waals surface area contributed by atoms with Crippen molar-refractivity contribution < 1.29 is 0 Å². The lowest BCUT2D eigenvalue weighted by Gasteiger charge is -2.18. The molecule has 0 atom stereocenters. The van der Waals surface area contributed by atoms with E-state index < -0.39 is 0 Å². The van der Waals surface area contributed by atoms with Gasteiger partial charge in [-0.15, -0.1) is 0 Å². The van der Waals surface area contributed by atoms with Crippen molar-refractivity contribution in [2.45, 2.75) is 0 Å². The molecule has 0 bridgehead atoms. The van der Waals surface area contributed by atoms with Gasteiger partial charge in [0.15, 0.2) is 0 Å². The first-order valence-corrected chi connectivity index (χ1v) is 20.7. The summed E-state index contributed by atoms with van der Waals surface area (Å²) in [5.74, 6) is 0.